The lowest BCUT2D eigenvalue weighted by Gasteiger charge is -2.10. The normalized spacial score (nSPS) is 12.7. The summed E-state index contributed by atoms with van der Waals surface area (Å²) in [5.74, 6) is -1.36. The number of aliphatic carboxylic acids is 1. The molecule has 1 aromatic heterocycles. The zero-order valence-electron chi connectivity index (χ0n) is 10.9. The van der Waals surface area contributed by atoms with Gasteiger partial charge in [0.25, 0.3) is 0 Å². The van der Waals surface area contributed by atoms with E-state index in [1.807, 2.05) is 0 Å². The SMILES string of the molecule is CC(CC(=O)O)NC(=O)Cc1csc(NS(C)(=O)=O)n1. The second-order valence-corrected chi connectivity index (χ2v) is 6.87. The van der Waals surface area contributed by atoms with Crippen molar-refractivity contribution in [2.24, 2.45) is 0 Å². The molecule has 0 fully saturated rings. The Morgan fingerprint density at radius 2 is 2.15 bits per heavy atom. The van der Waals surface area contributed by atoms with Crippen LogP contribution in [0.2, 0.25) is 0 Å². The van der Waals surface area contributed by atoms with E-state index in [0.717, 1.165) is 17.6 Å². The summed E-state index contributed by atoms with van der Waals surface area (Å²) in [6, 6.07) is -0.479. The van der Waals surface area contributed by atoms with Gasteiger partial charge in [-0.3, -0.25) is 14.3 Å². The van der Waals surface area contributed by atoms with Crippen molar-refractivity contribution in [2.45, 2.75) is 25.8 Å². The summed E-state index contributed by atoms with van der Waals surface area (Å²) in [5, 5.41) is 12.8. The van der Waals surface area contributed by atoms with Gasteiger partial charge >= 0.3 is 5.97 Å². The fraction of sp³-hybridized carbons (Fsp3) is 0.500. The highest BCUT2D eigenvalue weighted by Crippen LogP contribution is 2.16. The van der Waals surface area contributed by atoms with Crippen molar-refractivity contribution in [3.8, 4) is 0 Å². The number of carboxylic acid groups (broad SMARTS) is 1. The van der Waals surface area contributed by atoms with Gasteiger partial charge in [0.1, 0.15) is 0 Å². The standard InChI is InChI=1S/C10H15N3O5S2/c1-6(3-9(15)16)11-8(14)4-7-5-19-10(12-7)13-20(2,17)18/h5-6H,3-4H2,1-2H3,(H,11,14)(H,12,13)(H,15,16). The Bertz CT molecular complexity index is 596. The lowest BCUT2D eigenvalue weighted by atomic mass is 10.2. The number of amides is 1. The number of hydrogen-bond donors (Lipinski definition) is 3. The molecule has 112 valence electrons. The number of nitrogens with one attached hydrogen (secondary N) is 2. The Labute approximate surface area is 120 Å². The number of carbonyl (C=O) groups is 2. The molecule has 1 rings (SSSR count). The zero-order valence-corrected chi connectivity index (χ0v) is 12.5. The summed E-state index contributed by atoms with van der Waals surface area (Å²) < 4.78 is 24.2. The fourth-order valence-corrected chi connectivity index (χ4v) is 2.96. The van der Waals surface area contributed by atoms with Crippen LogP contribution in [0.15, 0.2) is 5.38 Å². The molecule has 0 radical (unpaired) electrons. The van der Waals surface area contributed by atoms with Gasteiger partial charge in [0.2, 0.25) is 15.9 Å². The van der Waals surface area contributed by atoms with E-state index >= 15 is 0 Å². The molecule has 1 atom stereocenters. The maximum absolute atomic E-state index is 11.6. The first kappa shape index (κ1) is 16.4. The van der Waals surface area contributed by atoms with Crippen LogP contribution in [0.5, 0.6) is 0 Å². The Hall–Kier alpha value is -1.68. The number of anilines is 1. The summed E-state index contributed by atoms with van der Waals surface area (Å²) in [5.41, 5.74) is 0.418. The molecular formula is C10H15N3O5S2. The molecule has 1 heterocycles. The van der Waals surface area contributed by atoms with Gasteiger partial charge in [0.15, 0.2) is 5.13 Å². The largest absolute Gasteiger partial charge is 0.481 e. The smallest absolute Gasteiger partial charge is 0.305 e. The number of carbonyl (C=O) groups excluding carboxylic acids is 1. The maximum Gasteiger partial charge on any atom is 0.305 e. The summed E-state index contributed by atoms with van der Waals surface area (Å²) >= 11 is 1.07. The number of aromatic nitrogens is 1. The average molecular weight is 321 g/mol. The first-order valence-electron chi connectivity index (χ1n) is 5.59. The average Bonchev–Trinajstić information content (AvgIpc) is 2.60. The van der Waals surface area contributed by atoms with Crippen molar-refractivity contribution in [3.63, 3.8) is 0 Å². The minimum Gasteiger partial charge on any atom is -0.481 e. The number of nitrogens with zero attached hydrogens (tertiary/aromatic N) is 1. The molecule has 1 unspecified atom stereocenters. The molecule has 1 aromatic rings. The summed E-state index contributed by atoms with van der Waals surface area (Å²) in [4.78, 5) is 26.0. The van der Waals surface area contributed by atoms with E-state index in [4.69, 9.17) is 5.11 Å². The molecular weight excluding hydrogens is 306 g/mol. The first-order chi connectivity index (χ1) is 9.15. The van der Waals surface area contributed by atoms with Crippen LogP contribution in [-0.2, 0) is 26.0 Å². The topological polar surface area (TPSA) is 125 Å². The van der Waals surface area contributed by atoms with Crippen LogP contribution >= 0.6 is 11.3 Å². The van der Waals surface area contributed by atoms with Crippen LogP contribution in [0.25, 0.3) is 0 Å². The van der Waals surface area contributed by atoms with Crippen molar-refractivity contribution in [3.05, 3.63) is 11.1 Å². The quantitative estimate of drug-likeness (QED) is 0.651. The van der Waals surface area contributed by atoms with Crippen molar-refractivity contribution >= 4 is 38.4 Å². The molecule has 1 amide bonds. The third-order valence-corrected chi connectivity index (χ3v) is 3.55. The van der Waals surface area contributed by atoms with Gasteiger partial charge in [-0.15, -0.1) is 11.3 Å². The van der Waals surface area contributed by atoms with E-state index in [2.05, 4.69) is 15.0 Å². The van der Waals surface area contributed by atoms with Gasteiger partial charge in [-0.2, -0.15) is 0 Å². The highest BCUT2D eigenvalue weighted by atomic mass is 32.2. The van der Waals surface area contributed by atoms with Gasteiger partial charge in [-0.05, 0) is 6.92 Å². The molecule has 0 bridgehead atoms. The molecule has 0 saturated carbocycles. The number of thiazole rings is 1. The molecule has 0 saturated heterocycles. The van der Waals surface area contributed by atoms with Crippen LogP contribution in [0.3, 0.4) is 0 Å². The molecule has 3 N–H and O–H groups in total. The summed E-state index contributed by atoms with van der Waals surface area (Å²) in [6.07, 6.45) is 0.809. The van der Waals surface area contributed by atoms with E-state index in [-0.39, 0.29) is 23.9 Å². The summed E-state index contributed by atoms with van der Waals surface area (Å²) in [7, 11) is -3.39. The van der Waals surface area contributed by atoms with Crippen molar-refractivity contribution in [1.29, 1.82) is 0 Å². The third-order valence-electron chi connectivity index (χ3n) is 2.05. The predicted octanol–water partition coefficient (Wildman–Crippen LogP) is 0.0365. The van der Waals surface area contributed by atoms with E-state index < -0.39 is 22.0 Å². The molecule has 0 aliphatic heterocycles. The predicted molar refractivity (Wildman–Crippen MR) is 74.1 cm³/mol. The molecule has 0 aromatic carbocycles. The minimum atomic E-state index is -3.39. The van der Waals surface area contributed by atoms with Crippen molar-refractivity contribution in [1.82, 2.24) is 10.3 Å². The monoisotopic (exact) mass is 321 g/mol. The Balaban J connectivity index is 2.52. The lowest BCUT2D eigenvalue weighted by molar-refractivity contribution is -0.137. The Morgan fingerprint density at radius 3 is 2.70 bits per heavy atom. The van der Waals surface area contributed by atoms with Crippen LogP contribution < -0.4 is 10.0 Å². The van der Waals surface area contributed by atoms with Gasteiger partial charge in [-0.1, -0.05) is 0 Å². The number of sulfonamides is 1. The van der Waals surface area contributed by atoms with Crippen LogP contribution in [0, 0.1) is 0 Å². The number of hydrogen-bond acceptors (Lipinski definition) is 6. The number of rotatable bonds is 7. The van der Waals surface area contributed by atoms with Gasteiger partial charge < -0.3 is 10.4 Å². The highest BCUT2D eigenvalue weighted by molar-refractivity contribution is 7.92. The second kappa shape index (κ2) is 6.66. The summed E-state index contributed by atoms with van der Waals surface area (Å²) in [6.45, 7) is 1.59. The molecule has 20 heavy (non-hydrogen) atoms. The molecule has 0 spiro atoms. The van der Waals surface area contributed by atoms with Gasteiger partial charge in [0.05, 0.1) is 24.8 Å². The molecule has 0 aliphatic carbocycles. The fourth-order valence-electron chi connectivity index (χ4n) is 1.40. The van der Waals surface area contributed by atoms with Crippen molar-refractivity contribution < 1.29 is 23.1 Å². The van der Waals surface area contributed by atoms with E-state index in [1.54, 1.807) is 12.3 Å². The maximum atomic E-state index is 11.6. The van der Waals surface area contributed by atoms with Gasteiger partial charge in [0, 0.05) is 11.4 Å². The zero-order chi connectivity index (χ0) is 15.3. The highest BCUT2D eigenvalue weighted by Gasteiger charge is 2.13. The third kappa shape index (κ3) is 6.48. The van der Waals surface area contributed by atoms with E-state index in [9.17, 15) is 18.0 Å². The van der Waals surface area contributed by atoms with Crippen molar-refractivity contribution in [2.75, 3.05) is 11.0 Å². The minimum absolute atomic E-state index is 0.0358. The molecule has 10 heteroatoms. The van der Waals surface area contributed by atoms with Crippen LogP contribution in [-0.4, -0.2) is 42.7 Å². The molecule has 8 nitrogen and oxygen atoms in total. The van der Waals surface area contributed by atoms with Gasteiger partial charge in [-0.25, -0.2) is 13.4 Å². The Kier molecular flexibility index (Phi) is 5.45. The second-order valence-electron chi connectivity index (χ2n) is 4.26. The van der Waals surface area contributed by atoms with Crippen LogP contribution in [0.4, 0.5) is 5.13 Å². The van der Waals surface area contributed by atoms with Crippen LogP contribution in [0.1, 0.15) is 19.0 Å². The first-order valence-corrected chi connectivity index (χ1v) is 8.36. The number of carboxylic acids is 1. The van der Waals surface area contributed by atoms with E-state index in [1.165, 1.54) is 0 Å². The lowest BCUT2D eigenvalue weighted by Crippen LogP contribution is -2.35. The Morgan fingerprint density at radius 1 is 1.50 bits per heavy atom. The van der Waals surface area contributed by atoms with E-state index in [0.29, 0.717) is 5.69 Å². The molecule has 0 aliphatic rings.